The van der Waals surface area contributed by atoms with E-state index >= 15 is 0 Å². The average molecular weight is 142 g/mol. The lowest BCUT2D eigenvalue weighted by atomic mass is 9.90. The molecule has 3 nitrogen and oxygen atoms in total. The van der Waals surface area contributed by atoms with E-state index in [0.717, 1.165) is 6.42 Å². The lowest BCUT2D eigenvalue weighted by Crippen LogP contribution is -2.53. The molecule has 0 aromatic heterocycles. The lowest BCUT2D eigenvalue weighted by molar-refractivity contribution is -0.125. The van der Waals surface area contributed by atoms with Gasteiger partial charge in [-0.1, -0.05) is 0 Å². The van der Waals surface area contributed by atoms with Gasteiger partial charge in [-0.3, -0.25) is 4.79 Å². The molecule has 3 heteroatoms. The van der Waals surface area contributed by atoms with E-state index < -0.39 is 0 Å². The Balaban J connectivity index is 2.59. The molecule has 0 radical (unpaired) electrons. The van der Waals surface area contributed by atoms with Crippen LogP contribution in [-0.2, 0) is 4.79 Å². The minimum absolute atomic E-state index is 0.0451. The molecule has 0 saturated carbocycles. The van der Waals surface area contributed by atoms with Crippen LogP contribution in [0, 0.1) is 0 Å². The Morgan fingerprint density at radius 3 is 2.70 bits per heavy atom. The number of piperidine rings is 1. The Labute approximate surface area is 61.0 Å². The van der Waals surface area contributed by atoms with Crippen LogP contribution in [0.15, 0.2) is 0 Å². The van der Waals surface area contributed by atoms with Crippen molar-refractivity contribution in [2.75, 3.05) is 0 Å². The molecule has 0 aromatic carbocycles. The molecule has 1 heterocycles. The normalized spacial score (nSPS) is 31.5. The zero-order valence-corrected chi connectivity index (χ0v) is 6.48. The van der Waals surface area contributed by atoms with E-state index in [-0.39, 0.29) is 17.5 Å². The summed E-state index contributed by atoms with van der Waals surface area (Å²) in [5.74, 6) is 0.0729. The van der Waals surface area contributed by atoms with Crippen molar-refractivity contribution in [1.29, 1.82) is 0 Å². The summed E-state index contributed by atoms with van der Waals surface area (Å²) in [6, 6.07) is 0.0451. The second-order valence-corrected chi connectivity index (χ2v) is 3.60. The monoisotopic (exact) mass is 142 g/mol. The first-order chi connectivity index (χ1) is 4.49. The number of nitrogens with one attached hydrogen (secondary N) is 1. The van der Waals surface area contributed by atoms with Crippen LogP contribution in [0.2, 0.25) is 0 Å². The molecule has 0 spiro atoms. The first-order valence-electron chi connectivity index (χ1n) is 3.56. The van der Waals surface area contributed by atoms with Crippen molar-refractivity contribution in [3.05, 3.63) is 0 Å². The fraction of sp³-hybridized carbons (Fsp3) is 0.857. The minimum Gasteiger partial charge on any atom is -0.351 e. The number of hydrogen-bond donors (Lipinski definition) is 2. The van der Waals surface area contributed by atoms with E-state index in [1.165, 1.54) is 0 Å². The van der Waals surface area contributed by atoms with Crippen molar-refractivity contribution in [3.63, 3.8) is 0 Å². The molecule has 1 aliphatic rings. The van der Waals surface area contributed by atoms with Gasteiger partial charge in [-0.25, -0.2) is 0 Å². The second-order valence-electron chi connectivity index (χ2n) is 3.60. The van der Waals surface area contributed by atoms with Gasteiger partial charge < -0.3 is 11.1 Å². The Morgan fingerprint density at radius 2 is 2.30 bits per heavy atom. The summed E-state index contributed by atoms with van der Waals surface area (Å²) in [6.07, 6.45) is 1.35. The molecule has 3 N–H and O–H groups in total. The number of carbonyl (C=O) groups is 1. The number of hydrogen-bond acceptors (Lipinski definition) is 2. The van der Waals surface area contributed by atoms with E-state index in [4.69, 9.17) is 5.73 Å². The Morgan fingerprint density at radius 1 is 1.70 bits per heavy atom. The fourth-order valence-electron chi connectivity index (χ4n) is 1.45. The molecule has 1 fully saturated rings. The predicted molar refractivity (Wildman–Crippen MR) is 39.4 cm³/mol. The van der Waals surface area contributed by atoms with E-state index in [1.54, 1.807) is 0 Å². The van der Waals surface area contributed by atoms with Crippen molar-refractivity contribution >= 4 is 5.91 Å². The maximum Gasteiger partial charge on any atom is 0.221 e. The van der Waals surface area contributed by atoms with E-state index in [2.05, 4.69) is 5.32 Å². The van der Waals surface area contributed by atoms with Gasteiger partial charge in [0.05, 0.1) is 0 Å². The topological polar surface area (TPSA) is 55.1 Å². The summed E-state index contributed by atoms with van der Waals surface area (Å²) in [5.41, 5.74) is 5.54. The third kappa shape index (κ3) is 1.70. The molecule has 1 aliphatic heterocycles. The number of amides is 1. The predicted octanol–water partition coefficient (Wildman–Crippen LogP) is 0.00230. The van der Waals surface area contributed by atoms with Crippen molar-refractivity contribution in [2.45, 2.75) is 38.3 Å². The van der Waals surface area contributed by atoms with Gasteiger partial charge >= 0.3 is 0 Å². The SMILES string of the molecule is CC1(C)CC(N)CC(=O)N1. The van der Waals surface area contributed by atoms with E-state index in [0.29, 0.717) is 6.42 Å². The van der Waals surface area contributed by atoms with Gasteiger partial charge in [0.1, 0.15) is 0 Å². The maximum absolute atomic E-state index is 10.9. The summed E-state index contributed by atoms with van der Waals surface area (Å²) in [4.78, 5) is 10.9. The third-order valence-electron chi connectivity index (χ3n) is 1.70. The summed E-state index contributed by atoms with van der Waals surface area (Å²) in [5, 5.41) is 2.87. The first kappa shape index (κ1) is 7.54. The Hall–Kier alpha value is -0.570. The van der Waals surface area contributed by atoms with Crippen molar-refractivity contribution < 1.29 is 4.79 Å². The van der Waals surface area contributed by atoms with Crippen LogP contribution in [0.3, 0.4) is 0 Å². The van der Waals surface area contributed by atoms with Gasteiger partial charge in [-0.2, -0.15) is 0 Å². The van der Waals surface area contributed by atoms with Crippen LogP contribution in [0.4, 0.5) is 0 Å². The zero-order valence-electron chi connectivity index (χ0n) is 6.48. The smallest absolute Gasteiger partial charge is 0.221 e. The quantitative estimate of drug-likeness (QED) is 0.500. The Kier molecular flexibility index (Phi) is 1.68. The molecule has 0 bridgehead atoms. The average Bonchev–Trinajstić information content (AvgIpc) is 1.54. The molecule has 1 atom stereocenters. The molecule has 10 heavy (non-hydrogen) atoms. The van der Waals surface area contributed by atoms with Crippen molar-refractivity contribution in [3.8, 4) is 0 Å². The summed E-state index contributed by atoms with van der Waals surface area (Å²) < 4.78 is 0. The summed E-state index contributed by atoms with van der Waals surface area (Å²) in [6.45, 7) is 3.98. The second kappa shape index (κ2) is 2.23. The molecule has 1 rings (SSSR count). The largest absolute Gasteiger partial charge is 0.351 e. The Bertz CT molecular complexity index is 154. The highest BCUT2D eigenvalue weighted by molar-refractivity contribution is 5.78. The van der Waals surface area contributed by atoms with Gasteiger partial charge in [-0.15, -0.1) is 0 Å². The summed E-state index contributed by atoms with van der Waals surface area (Å²) in [7, 11) is 0. The van der Waals surface area contributed by atoms with Gasteiger partial charge in [0.25, 0.3) is 0 Å². The number of nitrogens with two attached hydrogens (primary N) is 1. The van der Waals surface area contributed by atoms with Crippen LogP contribution in [0.1, 0.15) is 26.7 Å². The molecule has 1 saturated heterocycles. The van der Waals surface area contributed by atoms with Gasteiger partial charge in [0.2, 0.25) is 5.91 Å². The number of carbonyl (C=O) groups excluding carboxylic acids is 1. The summed E-state index contributed by atoms with van der Waals surface area (Å²) >= 11 is 0. The van der Waals surface area contributed by atoms with Gasteiger partial charge in [-0.05, 0) is 20.3 Å². The highest BCUT2D eigenvalue weighted by atomic mass is 16.1. The van der Waals surface area contributed by atoms with E-state index in [9.17, 15) is 4.79 Å². The molecule has 0 aromatic rings. The van der Waals surface area contributed by atoms with Crippen LogP contribution in [0.25, 0.3) is 0 Å². The van der Waals surface area contributed by atoms with Crippen molar-refractivity contribution in [2.24, 2.45) is 5.73 Å². The van der Waals surface area contributed by atoms with Crippen molar-refractivity contribution in [1.82, 2.24) is 5.32 Å². The zero-order chi connectivity index (χ0) is 7.78. The van der Waals surface area contributed by atoms with Gasteiger partial charge in [0, 0.05) is 18.0 Å². The highest BCUT2D eigenvalue weighted by Crippen LogP contribution is 2.16. The fourth-order valence-corrected chi connectivity index (χ4v) is 1.45. The molecular weight excluding hydrogens is 128 g/mol. The third-order valence-corrected chi connectivity index (χ3v) is 1.70. The standard InChI is InChI=1S/C7H14N2O/c1-7(2)4-5(8)3-6(10)9-7/h5H,3-4,8H2,1-2H3,(H,9,10). The number of rotatable bonds is 0. The minimum atomic E-state index is -0.102. The molecular formula is C7H14N2O. The molecule has 58 valence electrons. The lowest BCUT2D eigenvalue weighted by Gasteiger charge is -2.34. The molecule has 1 amide bonds. The molecule has 0 aliphatic carbocycles. The van der Waals surface area contributed by atoms with Crippen LogP contribution >= 0.6 is 0 Å². The van der Waals surface area contributed by atoms with Crippen LogP contribution < -0.4 is 11.1 Å². The van der Waals surface area contributed by atoms with Crippen LogP contribution in [-0.4, -0.2) is 17.5 Å². The van der Waals surface area contributed by atoms with Crippen LogP contribution in [0.5, 0.6) is 0 Å². The first-order valence-corrected chi connectivity index (χ1v) is 3.56. The highest BCUT2D eigenvalue weighted by Gasteiger charge is 2.29. The maximum atomic E-state index is 10.9. The van der Waals surface area contributed by atoms with Gasteiger partial charge in [0.15, 0.2) is 0 Å². The van der Waals surface area contributed by atoms with E-state index in [1.807, 2.05) is 13.8 Å². The molecule has 1 unspecified atom stereocenters.